The van der Waals surface area contributed by atoms with Gasteiger partial charge in [-0.05, 0) is 6.26 Å². The summed E-state index contributed by atoms with van der Waals surface area (Å²) in [6.45, 7) is 3.81. The number of hydrogen-bond donors (Lipinski definition) is 0. The fraction of sp³-hybridized carbons (Fsp3) is 0.500. The summed E-state index contributed by atoms with van der Waals surface area (Å²) < 4.78 is 1.56. The fourth-order valence-corrected chi connectivity index (χ4v) is 3.74. The maximum Gasteiger partial charge on any atom is 0.258 e. The average Bonchev–Trinajstić information content (AvgIpc) is 2.97. The summed E-state index contributed by atoms with van der Waals surface area (Å²) in [5, 5.41) is 1.86. The van der Waals surface area contributed by atoms with Crippen LogP contribution in [0.3, 0.4) is 0 Å². The molecule has 0 atom stereocenters. The molecule has 22 heavy (non-hydrogen) atoms. The molecule has 1 aliphatic heterocycles. The van der Waals surface area contributed by atoms with Gasteiger partial charge >= 0.3 is 0 Å². The number of aromatic nitrogens is 2. The van der Waals surface area contributed by atoms with E-state index in [1.54, 1.807) is 28.4 Å². The van der Waals surface area contributed by atoms with Crippen molar-refractivity contribution in [3.05, 3.63) is 33.7 Å². The van der Waals surface area contributed by atoms with Crippen LogP contribution in [0.15, 0.2) is 22.4 Å². The van der Waals surface area contributed by atoms with Gasteiger partial charge in [-0.1, -0.05) is 0 Å². The molecule has 118 valence electrons. The van der Waals surface area contributed by atoms with Gasteiger partial charge in [0.05, 0.1) is 11.4 Å². The van der Waals surface area contributed by atoms with Gasteiger partial charge in [-0.25, -0.2) is 4.98 Å². The number of thiazole rings is 1. The SMILES string of the molecule is CSCC(=O)N1CCN(Cc2cc(=O)n3ccsc3n2)CC1. The zero-order valence-corrected chi connectivity index (χ0v) is 14.0. The lowest BCUT2D eigenvalue weighted by Gasteiger charge is -2.34. The Kier molecular flexibility index (Phi) is 4.80. The molecule has 3 heterocycles. The zero-order valence-electron chi connectivity index (χ0n) is 12.4. The van der Waals surface area contributed by atoms with Crippen molar-refractivity contribution < 1.29 is 4.79 Å². The van der Waals surface area contributed by atoms with Crippen molar-refractivity contribution in [2.45, 2.75) is 6.54 Å². The summed E-state index contributed by atoms with van der Waals surface area (Å²) in [4.78, 5) is 33.2. The molecule has 6 nitrogen and oxygen atoms in total. The molecule has 0 aliphatic carbocycles. The van der Waals surface area contributed by atoms with E-state index in [9.17, 15) is 9.59 Å². The monoisotopic (exact) mass is 338 g/mol. The van der Waals surface area contributed by atoms with Gasteiger partial charge in [-0.2, -0.15) is 11.8 Å². The second-order valence-electron chi connectivity index (χ2n) is 5.23. The van der Waals surface area contributed by atoms with Gasteiger partial charge in [0.25, 0.3) is 5.56 Å². The summed E-state index contributed by atoms with van der Waals surface area (Å²) in [6.07, 6.45) is 3.69. The molecule has 0 spiro atoms. The predicted molar refractivity (Wildman–Crippen MR) is 89.6 cm³/mol. The smallest absolute Gasteiger partial charge is 0.258 e. The Hall–Kier alpha value is -1.38. The molecule has 0 radical (unpaired) electrons. The van der Waals surface area contributed by atoms with Gasteiger partial charge in [0, 0.05) is 50.4 Å². The Morgan fingerprint density at radius 2 is 2.14 bits per heavy atom. The van der Waals surface area contributed by atoms with E-state index >= 15 is 0 Å². The van der Waals surface area contributed by atoms with Crippen LogP contribution in [0.2, 0.25) is 0 Å². The maximum absolute atomic E-state index is 12.0. The molecule has 2 aromatic rings. The van der Waals surface area contributed by atoms with Crippen molar-refractivity contribution in [3.8, 4) is 0 Å². The Morgan fingerprint density at radius 3 is 2.86 bits per heavy atom. The highest BCUT2D eigenvalue weighted by molar-refractivity contribution is 7.99. The van der Waals surface area contributed by atoms with Crippen LogP contribution in [0.25, 0.3) is 4.96 Å². The second kappa shape index (κ2) is 6.80. The van der Waals surface area contributed by atoms with Gasteiger partial charge in [-0.3, -0.25) is 18.9 Å². The lowest BCUT2D eigenvalue weighted by atomic mass is 10.3. The summed E-state index contributed by atoms with van der Waals surface area (Å²) >= 11 is 3.03. The topological polar surface area (TPSA) is 57.9 Å². The van der Waals surface area contributed by atoms with E-state index in [1.807, 2.05) is 16.5 Å². The molecule has 1 aliphatic rings. The highest BCUT2D eigenvalue weighted by Crippen LogP contribution is 2.10. The van der Waals surface area contributed by atoms with Crippen LogP contribution in [0.5, 0.6) is 0 Å². The van der Waals surface area contributed by atoms with Crippen molar-refractivity contribution in [2.24, 2.45) is 0 Å². The molecular formula is C14H18N4O2S2. The molecule has 1 fully saturated rings. The summed E-state index contributed by atoms with van der Waals surface area (Å²) in [5.41, 5.74) is 0.770. The van der Waals surface area contributed by atoms with Crippen molar-refractivity contribution in [1.29, 1.82) is 0 Å². The van der Waals surface area contributed by atoms with E-state index in [2.05, 4.69) is 9.88 Å². The first-order valence-electron chi connectivity index (χ1n) is 7.12. The molecule has 0 N–H and O–H groups in total. The summed E-state index contributed by atoms with van der Waals surface area (Å²) in [6, 6.07) is 1.60. The first-order valence-corrected chi connectivity index (χ1v) is 9.39. The number of thioether (sulfide) groups is 1. The minimum absolute atomic E-state index is 0.0324. The van der Waals surface area contributed by atoms with Gasteiger partial charge in [0.2, 0.25) is 5.91 Å². The zero-order chi connectivity index (χ0) is 15.5. The highest BCUT2D eigenvalue weighted by atomic mass is 32.2. The van der Waals surface area contributed by atoms with E-state index in [-0.39, 0.29) is 11.5 Å². The number of amides is 1. The molecule has 1 saturated heterocycles. The van der Waals surface area contributed by atoms with Crippen LogP contribution in [0.1, 0.15) is 5.69 Å². The van der Waals surface area contributed by atoms with Crippen LogP contribution >= 0.6 is 23.1 Å². The van der Waals surface area contributed by atoms with Gasteiger partial charge in [0.15, 0.2) is 4.96 Å². The van der Waals surface area contributed by atoms with Crippen molar-refractivity contribution in [3.63, 3.8) is 0 Å². The number of carbonyl (C=O) groups excluding carboxylic acids is 1. The summed E-state index contributed by atoms with van der Waals surface area (Å²) in [7, 11) is 0. The Morgan fingerprint density at radius 1 is 1.36 bits per heavy atom. The Labute approximate surface area is 136 Å². The van der Waals surface area contributed by atoms with E-state index in [1.165, 1.54) is 11.3 Å². The third-order valence-corrected chi connectivity index (χ3v) is 5.03. The second-order valence-corrected chi connectivity index (χ2v) is 6.97. The van der Waals surface area contributed by atoms with Gasteiger partial charge in [-0.15, -0.1) is 11.3 Å². The molecule has 1 amide bonds. The minimum Gasteiger partial charge on any atom is -0.339 e. The number of fused-ring (bicyclic) bond motifs is 1. The molecule has 8 heteroatoms. The standard InChI is InChI=1S/C14H18N4O2S2/c1-21-10-13(20)17-4-2-16(3-5-17)9-11-8-12(19)18-6-7-22-14(18)15-11/h6-8H,2-5,9-10H2,1H3. The maximum atomic E-state index is 12.0. The van der Waals surface area contributed by atoms with E-state index in [0.717, 1.165) is 36.8 Å². The molecule has 3 rings (SSSR count). The first kappa shape index (κ1) is 15.5. The number of carbonyl (C=O) groups is 1. The Balaban J connectivity index is 1.62. The van der Waals surface area contributed by atoms with Crippen molar-refractivity contribution in [1.82, 2.24) is 19.2 Å². The van der Waals surface area contributed by atoms with Crippen LogP contribution in [0, 0.1) is 0 Å². The quantitative estimate of drug-likeness (QED) is 0.824. The van der Waals surface area contributed by atoms with Crippen LogP contribution < -0.4 is 5.56 Å². The molecule has 2 aromatic heterocycles. The Bertz CT molecular complexity index is 719. The molecule has 0 bridgehead atoms. The average molecular weight is 338 g/mol. The fourth-order valence-electron chi connectivity index (χ4n) is 2.57. The predicted octanol–water partition coefficient (Wildman–Crippen LogP) is 0.763. The van der Waals surface area contributed by atoms with Crippen LogP contribution in [-0.2, 0) is 11.3 Å². The number of rotatable bonds is 4. The largest absolute Gasteiger partial charge is 0.339 e. The van der Waals surface area contributed by atoms with Crippen LogP contribution in [0.4, 0.5) is 0 Å². The lowest BCUT2D eigenvalue weighted by molar-refractivity contribution is -0.130. The van der Waals surface area contributed by atoms with E-state index in [4.69, 9.17) is 0 Å². The third kappa shape index (κ3) is 3.34. The molecular weight excluding hydrogens is 320 g/mol. The van der Waals surface area contributed by atoms with Crippen molar-refractivity contribution in [2.75, 3.05) is 38.2 Å². The van der Waals surface area contributed by atoms with Crippen LogP contribution in [-0.4, -0.2) is 63.3 Å². The van der Waals surface area contributed by atoms with E-state index in [0.29, 0.717) is 12.3 Å². The molecule has 0 saturated carbocycles. The molecule has 0 unspecified atom stereocenters. The van der Waals surface area contributed by atoms with Gasteiger partial charge < -0.3 is 4.90 Å². The first-order chi connectivity index (χ1) is 10.7. The number of nitrogens with zero attached hydrogens (tertiary/aromatic N) is 4. The number of piperazine rings is 1. The highest BCUT2D eigenvalue weighted by Gasteiger charge is 2.21. The minimum atomic E-state index is -0.0324. The van der Waals surface area contributed by atoms with Crippen molar-refractivity contribution >= 4 is 34.0 Å². The normalized spacial score (nSPS) is 16.3. The third-order valence-electron chi connectivity index (χ3n) is 3.73. The van der Waals surface area contributed by atoms with E-state index < -0.39 is 0 Å². The van der Waals surface area contributed by atoms with Gasteiger partial charge in [0.1, 0.15) is 0 Å². The lowest BCUT2D eigenvalue weighted by Crippen LogP contribution is -2.49. The summed E-state index contributed by atoms with van der Waals surface area (Å²) in [5.74, 6) is 0.761. The number of hydrogen-bond acceptors (Lipinski definition) is 6. The molecule has 0 aromatic carbocycles.